The van der Waals surface area contributed by atoms with Crippen molar-refractivity contribution in [1.29, 1.82) is 0 Å². The van der Waals surface area contributed by atoms with E-state index in [1.54, 1.807) is 0 Å². The highest BCUT2D eigenvalue weighted by Gasteiger charge is 2.31. The summed E-state index contributed by atoms with van der Waals surface area (Å²) in [5.74, 6) is -0.687. The third-order valence-corrected chi connectivity index (χ3v) is 2.49. The molecule has 4 nitrogen and oxygen atoms in total. The van der Waals surface area contributed by atoms with E-state index in [9.17, 15) is 18.0 Å². The lowest BCUT2D eigenvalue weighted by atomic mass is 10.1. The predicted octanol–water partition coefficient (Wildman–Crippen LogP) is 1.80. The van der Waals surface area contributed by atoms with Gasteiger partial charge in [-0.25, -0.2) is 0 Å². The molecule has 18 heavy (non-hydrogen) atoms. The van der Waals surface area contributed by atoms with Gasteiger partial charge in [-0.1, -0.05) is 11.6 Å². The molecule has 0 saturated heterocycles. The van der Waals surface area contributed by atoms with Crippen LogP contribution < -0.4 is 5.73 Å². The van der Waals surface area contributed by atoms with Gasteiger partial charge in [0.15, 0.2) is 0 Å². The van der Waals surface area contributed by atoms with E-state index in [2.05, 4.69) is 9.72 Å². The third-order valence-electron chi connectivity index (χ3n) is 2.16. The average molecular weight is 283 g/mol. The maximum Gasteiger partial charge on any atom is 0.417 e. The largest absolute Gasteiger partial charge is 0.468 e. The molecule has 0 amide bonds. The van der Waals surface area contributed by atoms with E-state index < -0.39 is 23.8 Å². The van der Waals surface area contributed by atoms with Crippen LogP contribution in [-0.2, 0) is 22.1 Å². The molecule has 0 aliphatic carbocycles. The van der Waals surface area contributed by atoms with Crippen LogP contribution >= 0.6 is 11.6 Å². The van der Waals surface area contributed by atoms with E-state index in [0.29, 0.717) is 6.20 Å². The Labute approximate surface area is 106 Å². The molecule has 0 aliphatic rings. The summed E-state index contributed by atoms with van der Waals surface area (Å²) < 4.78 is 41.4. The highest BCUT2D eigenvalue weighted by Crippen LogP contribution is 2.31. The lowest BCUT2D eigenvalue weighted by Crippen LogP contribution is -2.34. The molecule has 0 aliphatic heterocycles. The van der Waals surface area contributed by atoms with Crippen LogP contribution in [0, 0.1) is 0 Å². The average Bonchev–Trinajstić information content (AvgIpc) is 2.29. The van der Waals surface area contributed by atoms with Crippen LogP contribution in [-0.4, -0.2) is 24.1 Å². The first kappa shape index (κ1) is 14.7. The van der Waals surface area contributed by atoms with Crippen molar-refractivity contribution < 1.29 is 22.7 Å². The number of rotatable bonds is 3. The van der Waals surface area contributed by atoms with Gasteiger partial charge >= 0.3 is 12.1 Å². The molecular weight excluding hydrogens is 273 g/mol. The van der Waals surface area contributed by atoms with Crippen LogP contribution in [0.15, 0.2) is 12.3 Å². The molecule has 1 aromatic rings. The van der Waals surface area contributed by atoms with Crippen LogP contribution in [0.5, 0.6) is 0 Å². The number of aromatic nitrogens is 1. The molecule has 8 heteroatoms. The summed E-state index contributed by atoms with van der Waals surface area (Å²) in [6, 6.07) is -0.273. The lowest BCUT2D eigenvalue weighted by molar-refractivity contribution is -0.142. The van der Waals surface area contributed by atoms with Gasteiger partial charge in [0.25, 0.3) is 0 Å². The summed E-state index contributed by atoms with van der Waals surface area (Å²) in [5, 5.41) is -0.191. The predicted molar refractivity (Wildman–Crippen MR) is 57.9 cm³/mol. The molecular formula is C10H10ClF3N2O2. The van der Waals surface area contributed by atoms with Crippen LogP contribution in [0.4, 0.5) is 13.2 Å². The Hall–Kier alpha value is -1.34. The Morgan fingerprint density at radius 2 is 2.22 bits per heavy atom. The van der Waals surface area contributed by atoms with Gasteiger partial charge in [0, 0.05) is 12.6 Å². The van der Waals surface area contributed by atoms with Crippen molar-refractivity contribution in [1.82, 2.24) is 4.98 Å². The van der Waals surface area contributed by atoms with Crippen molar-refractivity contribution >= 4 is 17.6 Å². The Balaban J connectivity index is 2.90. The molecule has 0 aromatic carbocycles. The lowest BCUT2D eigenvalue weighted by Gasteiger charge is -2.11. The first-order valence-electron chi connectivity index (χ1n) is 4.80. The topological polar surface area (TPSA) is 65.2 Å². The summed E-state index contributed by atoms with van der Waals surface area (Å²) in [6.45, 7) is 0. The SMILES string of the molecule is COC(=O)C(N)Cc1ncc(C(F)(F)F)cc1Cl. The molecule has 100 valence electrons. The Morgan fingerprint density at radius 3 is 2.67 bits per heavy atom. The number of methoxy groups -OCH3 is 1. The van der Waals surface area contributed by atoms with Gasteiger partial charge in [-0.05, 0) is 6.07 Å². The number of alkyl halides is 3. The number of nitrogens with two attached hydrogens (primary N) is 1. The molecule has 1 rings (SSSR count). The Bertz CT molecular complexity index is 451. The number of pyridine rings is 1. The van der Waals surface area contributed by atoms with Crippen molar-refractivity contribution in [2.75, 3.05) is 7.11 Å². The molecule has 2 N–H and O–H groups in total. The Morgan fingerprint density at radius 1 is 1.61 bits per heavy atom. The minimum atomic E-state index is -4.51. The fourth-order valence-electron chi connectivity index (χ4n) is 1.21. The van der Waals surface area contributed by atoms with Crippen LogP contribution in [0.2, 0.25) is 5.02 Å². The van der Waals surface area contributed by atoms with Gasteiger partial charge in [-0.2, -0.15) is 13.2 Å². The maximum atomic E-state index is 12.3. The van der Waals surface area contributed by atoms with Gasteiger partial charge in [0.05, 0.1) is 23.4 Å². The zero-order valence-corrected chi connectivity index (χ0v) is 10.0. The van der Waals surface area contributed by atoms with E-state index in [1.807, 2.05) is 0 Å². The van der Waals surface area contributed by atoms with Crippen molar-refractivity contribution in [3.63, 3.8) is 0 Å². The van der Waals surface area contributed by atoms with Gasteiger partial charge in [-0.3, -0.25) is 9.78 Å². The van der Waals surface area contributed by atoms with Gasteiger partial charge < -0.3 is 10.5 Å². The van der Waals surface area contributed by atoms with Gasteiger partial charge in [-0.15, -0.1) is 0 Å². The van der Waals surface area contributed by atoms with E-state index in [4.69, 9.17) is 17.3 Å². The van der Waals surface area contributed by atoms with Crippen LogP contribution in [0.25, 0.3) is 0 Å². The zero-order valence-electron chi connectivity index (χ0n) is 9.29. The fraction of sp³-hybridized carbons (Fsp3) is 0.400. The third kappa shape index (κ3) is 3.58. The highest BCUT2D eigenvalue weighted by molar-refractivity contribution is 6.31. The highest BCUT2D eigenvalue weighted by atomic mass is 35.5. The van der Waals surface area contributed by atoms with Gasteiger partial charge in [0.1, 0.15) is 6.04 Å². The Kier molecular flexibility index (Phi) is 4.53. The fourth-order valence-corrected chi connectivity index (χ4v) is 1.46. The van der Waals surface area contributed by atoms with Crippen LogP contribution in [0.3, 0.4) is 0 Å². The number of ether oxygens (including phenoxy) is 1. The molecule has 0 spiro atoms. The van der Waals surface area contributed by atoms with Gasteiger partial charge in [0.2, 0.25) is 0 Å². The standard InChI is InChI=1S/C10H10ClF3N2O2/c1-18-9(17)7(15)3-8-6(11)2-5(4-16-8)10(12,13)14/h2,4,7H,3,15H2,1H3. The first-order chi connectivity index (χ1) is 8.25. The van der Waals surface area contributed by atoms with Crippen molar-refractivity contribution in [2.24, 2.45) is 5.73 Å². The summed E-state index contributed by atoms with van der Waals surface area (Å²) in [4.78, 5) is 14.6. The molecule has 0 bridgehead atoms. The number of esters is 1. The van der Waals surface area contributed by atoms with Crippen LogP contribution in [0.1, 0.15) is 11.3 Å². The maximum absolute atomic E-state index is 12.3. The second-order valence-corrected chi connectivity index (χ2v) is 3.89. The quantitative estimate of drug-likeness (QED) is 0.859. The smallest absolute Gasteiger partial charge is 0.417 e. The second kappa shape index (κ2) is 5.53. The normalized spacial score (nSPS) is 13.2. The van der Waals surface area contributed by atoms with Crippen molar-refractivity contribution in [3.8, 4) is 0 Å². The first-order valence-corrected chi connectivity index (χ1v) is 5.18. The van der Waals surface area contributed by atoms with E-state index >= 15 is 0 Å². The second-order valence-electron chi connectivity index (χ2n) is 3.48. The molecule has 0 fully saturated rings. The van der Waals surface area contributed by atoms with E-state index in [0.717, 1.165) is 13.2 Å². The van der Waals surface area contributed by atoms with E-state index in [-0.39, 0.29) is 17.1 Å². The monoisotopic (exact) mass is 282 g/mol. The summed E-state index contributed by atoms with van der Waals surface area (Å²) >= 11 is 5.66. The zero-order chi connectivity index (χ0) is 13.9. The number of hydrogen-bond acceptors (Lipinski definition) is 4. The number of carbonyl (C=O) groups is 1. The molecule has 1 unspecified atom stereocenters. The van der Waals surface area contributed by atoms with E-state index in [1.165, 1.54) is 0 Å². The molecule has 1 atom stereocenters. The molecule has 0 radical (unpaired) electrons. The molecule has 1 aromatic heterocycles. The number of nitrogens with zero attached hydrogens (tertiary/aromatic N) is 1. The summed E-state index contributed by atoms with van der Waals surface area (Å²) in [7, 11) is 1.16. The minimum absolute atomic E-state index is 0.0936. The van der Waals surface area contributed by atoms with Crippen molar-refractivity contribution in [2.45, 2.75) is 18.6 Å². The molecule has 1 heterocycles. The van der Waals surface area contributed by atoms with Crippen molar-refractivity contribution in [3.05, 3.63) is 28.5 Å². The minimum Gasteiger partial charge on any atom is -0.468 e. The summed E-state index contributed by atoms with van der Waals surface area (Å²) in [6.07, 6.45) is -3.96. The number of hydrogen-bond donors (Lipinski definition) is 1. The number of carbonyl (C=O) groups excluding carboxylic acids is 1. The number of halogens is 4. The molecule has 0 saturated carbocycles. The summed E-state index contributed by atoms with van der Waals surface area (Å²) in [5.41, 5.74) is 4.61.